The van der Waals surface area contributed by atoms with Gasteiger partial charge in [-0.3, -0.25) is 9.69 Å². The third kappa shape index (κ3) is 4.25. The predicted octanol–water partition coefficient (Wildman–Crippen LogP) is 1.45. The first-order chi connectivity index (χ1) is 8.60. The van der Waals surface area contributed by atoms with Crippen molar-refractivity contribution in [1.82, 2.24) is 9.80 Å². The van der Waals surface area contributed by atoms with Crippen LogP contribution in [0.3, 0.4) is 0 Å². The Morgan fingerprint density at radius 2 is 2.00 bits per heavy atom. The number of hydrogen-bond donors (Lipinski definition) is 1. The van der Waals surface area contributed by atoms with Crippen molar-refractivity contribution in [3.8, 4) is 0 Å². The molecule has 1 rings (SSSR count). The number of likely N-dealkylation sites (N-methyl/N-ethyl adjacent to an activating group) is 1. The molecule has 2 N–H and O–H groups in total. The first kappa shape index (κ1) is 15.4. The lowest BCUT2D eigenvalue weighted by Gasteiger charge is -2.35. The monoisotopic (exact) mass is 255 g/mol. The predicted molar refractivity (Wildman–Crippen MR) is 75.4 cm³/mol. The van der Waals surface area contributed by atoms with E-state index in [9.17, 15) is 4.79 Å². The Kier molecular flexibility index (Phi) is 6.65. The van der Waals surface area contributed by atoms with Crippen molar-refractivity contribution in [2.24, 2.45) is 5.73 Å². The fourth-order valence-electron chi connectivity index (χ4n) is 2.53. The molecule has 0 saturated carbocycles. The molecule has 4 nitrogen and oxygen atoms in total. The van der Waals surface area contributed by atoms with Crippen molar-refractivity contribution < 1.29 is 4.79 Å². The third-order valence-corrected chi connectivity index (χ3v) is 3.96. The van der Waals surface area contributed by atoms with Crippen LogP contribution < -0.4 is 5.73 Å². The van der Waals surface area contributed by atoms with Crippen LogP contribution in [0.15, 0.2) is 0 Å². The van der Waals surface area contributed by atoms with E-state index >= 15 is 0 Å². The van der Waals surface area contributed by atoms with E-state index in [0.717, 1.165) is 45.4 Å². The number of carbonyl (C=O) groups excluding carboxylic acids is 1. The van der Waals surface area contributed by atoms with Gasteiger partial charge in [0, 0.05) is 19.1 Å². The number of unbranched alkanes of at least 4 members (excludes halogenated alkanes) is 1. The molecule has 1 fully saturated rings. The van der Waals surface area contributed by atoms with Gasteiger partial charge in [-0.15, -0.1) is 0 Å². The minimum absolute atomic E-state index is 0.0101. The van der Waals surface area contributed by atoms with E-state index in [1.807, 2.05) is 11.8 Å². The highest BCUT2D eigenvalue weighted by molar-refractivity contribution is 5.81. The quantitative estimate of drug-likeness (QED) is 0.781. The summed E-state index contributed by atoms with van der Waals surface area (Å²) in [7, 11) is 0. The lowest BCUT2D eigenvalue weighted by molar-refractivity contribution is -0.137. The molecular formula is C14H29N3O. The average Bonchev–Trinajstić information content (AvgIpc) is 2.39. The van der Waals surface area contributed by atoms with E-state index in [1.54, 1.807) is 0 Å². The van der Waals surface area contributed by atoms with Crippen molar-refractivity contribution in [3.63, 3.8) is 0 Å². The first-order valence-electron chi connectivity index (χ1n) is 7.38. The molecule has 1 saturated heterocycles. The summed E-state index contributed by atoms with van der Waals surface area (Å²) in [5, 5.41) is 0. The van der Waals surface area contributed by atoms with Crippen molar-refractivity contribution in [3.05, 3.63) is 0 Å². The van der Waals surface area contributed by atoms with Gasteiger partial charge >= 0.3 is 0 Å². The second-order valence-electron chi connectivity index (χ2n) is 5.32. The summed E-state index contributed by atoms with van der Waals surface area (Å²) in [6, 6.07) is 0.294. The fraction of sp³-hybridized carbons (Fsp3) is 0.929. The molecule has 0 radical (unpaired) electrons. The Balaban J connectivity index is 2.48. The highest BCUT2D eigenvalue weighted by Gasteiger charge is 2.27. The van der Waals surface area contributed by atoms with Gasteiger partial charge in [-0.2, -0.15) is 0 Å². The highest BCUT2D eigenvalue weighted by Crippen LogP contribution is 2.12. The van der Waals surface area contributed by atoms with Crippen LogP contribution >= 0.6 is 0 Å². The van der Waals surface area contributed by atoms with Crippen LogP contribution in [-0.2, 0) is 4.79 Å². The van der Waals surface area contributed by atoms with Gasteiger partial charge in [-0.05, 0) is 39.3 Å². The Hall–Kier alpha value is -0.610. The third-order valence-electron chi connectivity index (χ3n) is 3.96. The van der Waals surface area contributed by atoms with Crippen LogP contribution in [0.25, 0.3) is 0 Å². The zero-order valence-electron chi connectivity index (χ0n) is 12.2. The molecule has 0 aliphatic carbocycles. The molecule has 0 aromatic heterocycles. The number of piperidine rings is 1. The number of nitrogens with two attached hydrogens (primary N) is 1. The van der Waals surface area contributed by atoms with E-state index in [0.29, 0.717) is 0 Å². The maximum atomic E-state index is 12.4. The summed E-state index contributed by atoms with van der Waals surface area (Å²) in [5.41, 5.74) is 5.88. The van der Waals surface area contributed by atoms with Crippen LogP contribution in [-0.4, -0.2) is 54.0 Å². The molecule has 18 heavy (non-hydrogen) atoms. The van der Waals surface area contributed by atoms with Crippen molar-refractivity contribution in [1.29, 1.82) is 0 Å². The molecule has 0 bridgehead atoms. The summed E-state index contributed by atoms with van der Waals surface area (Å²) in [6.07, 6.45) is 4.23. The summed E-state index contributed by atoms with van der Waals surface area (Å²) in [6.45, 7) is 9.98. The fourth-order valence-corrected chi connectivity index (χ4v) is 2.53. The zero-order valence-corrected chi connectivity index (χ0v) is 12.2. The highest BCUT2D eigenvalue weighted by atomic mass is 16.2. The summed E-state index contributed by atoms with van der Waals surface area (Å²) < 4.78 is 0. The van der Waals surface area contributed by atoms with Gasteiger partial charge < -0.3 is 10.6 Å². The molecule has 106 valence electrons. The maximum Gasteiger partial charge on any atom is 0.239 e. The maximum absolute atomic E-state index is 12.4. The molecule has 1 unspecified atom stereocenters. The molecule has 1 amide bonds. The number of nitrogens with zero attached hydrogens (tertiary/aromatic N) is 2. The number of carbonyl (C=O) groups is 1. The molecule has 1 atom stereocenters. The molecular weight excluding hydrogens is 226 g/mol. The number of hydrogen-bond acceptors (Lipinski definition) is 3. The van der Waals surface area contributed by atoms with Gasteiger partial charge in [0.2, 0.25) is 5.91 Å². The standard InChI is InChI=1S/C14H29N3O/c1-4-6-9-16(5-2)12(3)14(18)17-10-7-13(15)8-11-17/h12-13H,4-11,15H2,1-3H3. The van der Waals surface area contributed by atoms with Crippen LogP contribution in [0.5, 0.6) is 0 Å². The smallest absolute Gasteiger partial charge is 0.239 e. The van der Waals surface area contributed by atoms with Crippen molar-refractivity contribution >= 4 is 5.91 Å². The first-order valence-corrected chi connectivity index (χ1v) is 7.38. The van der Waals surface area contributed by atoms with Crippen molar-refractivity contribution in [2.45, 2.75) is 58.5 Å². The number of rotatable bonds is 6. The minimum Gasteiger partial charge on any atom is -0.341 e. The second-order valence-corrected chi connectivity index (χ2v) is 5.32. The van der Waals surface area contributed by atoms with Gasteiger partial charge in [-0.25, -0.2) is 0 Å². The lowest BCUT2D eigenvalue weighted by Crippen LogP contribution is -2.51. The van der Waals surface area contributed by atoms with Gasteiger partial charge in [0.25, 0.3) is 0 Å². The lowest BCUT2D eigenvalue weighted by atomic mass is 10.1. The van der Waals surface area contributed by atoms with E-state index in [2.05, 4.69) is 18.7 Å². The summed E-state index contributed by atoms with van der Waals surface area (Å²) in [5.74, 6) is 0.278. The molecule has 1 heterocycles. The number of likely N-dealkylation sites (tertiary alicyclic amines) is 1. The van der Waals surface area contributed by atoms with Crippen LogP contribution in [0.4, 0.5) is 0 Å². The molecule has 4 heteroatoms. The Morgan fingerprint density at radius 1 is 1.39 bits per heavy atom. The SMILES string of the molecule is CCCCN(CC)C(C)C(=O)N1CCC(N)CC1. The molecule has 1 aliphatic heterocycles. The Bertz CT molecular complexity index is 249. The summed E-state index contributed by atoms with van der Waals surface area (Å²) >= 11 is 0. The largest absolute Gasteiger partial charge is 0.341 e. The van der Waals surface area contributed by atoms with E-state index in [-0.39, 0.29) is 18.0 Å². The average molecular weight is 255 g/mol. The van der Waals surface area contributed by atoms with Gasteiger partial charge in [0.05, 0.1) is 6.04 Å². The van der Waals surface area contributed by atoms with Crippen LogP contribution in [0, 0.1) is 0 Å². The van der Waals surface area contributed by atoms with E-state index < -0.39 is 0 Å². The Morgan fingerprint density at radius 3 is 2.50 bits per heavy atom. The zero-order chi connectivity index (χ0) is 13.5. The minimum atomic E-state index is 0.0101. The van der Waals surface area contributed by atoms with Gasteiger partial charge in [0.1, 0.15) is 0 Å². The van der Waals surface area contributed by atoms with E-state index in [4.69, 9.17) is 5.73 Å². The Labute approximate surface area is 111 Å². The molecule has 1 aliphatic rings. The van der Waals surface area contributed by atoms with Crippen molar-refractivity contribution in [2.75, 3.05) is 26.2 Å². The topological polar surface area (TPSA) is 49.6 Å². The van der Waals surface area contributed by atoms with Gasteiger partial charge in [-0.1, -0.05) is 20.3 Å². The summed E-state index contributed by atoms with van der Waals surface area (Å²) in [4.78, 5) is 16.7. The van der Waals surface area contributed by atoms with Crippen LogP contribution in [0.2, 0.25) is 0 Å². The molecule has 0 aromatic carbocycles. The molecule has 0 spiro atoms. The van der Waals surface area contributed by atoms with Gasteiger partial charge in [0.15, 0.2) is 0 Å². The van der Waals surface area contributed by atoms with Crippen LogP contribution in [0.1, 0.15) is 46.5 Å². The molecule has 0 aromatic rings. The van der Waals surface area contributed by atoms with E-state index in [1.165, 1.54) is 6.42 Å². The second kappa shape index (κ2) is 7.74. The normalized spacial score (nSPS) is 19.3. The number of amides is 1.